The summed E-state index contributed by atoms with van der Waals surface area (Å²) in [6, 6.07) is 6.77. The van der Waals surface area contributed by atoms with Crippen molar-refractivity contribution in [3.05, 3.63) is 24.3 Å². The van der Waals surface area contributed by atoms with Crippen molar-refractivity contribution in [3.8, 4) is 11.4 Å². The fraction of sp³-hybridized carbons (Fsp3) is 0.471. The smallest absolute Gasteiger partial charge is 0.243 e. The van der Waals surface area contributed by atoms with E-state index >= 15 is 0 Å². The summed E-state index contributed by atoms with van der Waals surface area (Å²) >= 11 is 1.24. The number of primary amides is 1. The van der Waals surface area contributed by atoms with Crippen LogP contribution in [0.1, 0.15) is 26.7 Å². The molecule has 1 aromatic heterocycles. The second kappa shape index (κ2) is 7.99. The molecule has 10 heteroatoms. The average molecular weight is 410 g/mol. The van der Waals surface area contributed by atoms with E-state index in [0.29, 0.717) is 36.2 Å². The number of aromatic nitrogens is 3. The van der Waals surface area contributed by atoms with Crippen LogP contribution in [0.4, 0.5) is 0 Å². The van der Waals surface area contributed by atoms with E-state index in [-0.39, 0.29) is 4.90 Å². The molecule has 1 unspecified atom stereocenters. The molecule has 146 valence electrons. The Morgan fingerprint density at radius 1 is 1.30 bits per heavy atom. The van der Waals surface area contributed by atoms with Crippen molar-refractivity contribution in [2.45, 2.75) is 48.5 Å². The molecule has 0 aliphatic carbocycles. The fourth-order valence-electron chi connectivity index (χ4n) is 2.96. The maximum atomic E-state index is 12.8. The predicted molar refractivity (Wildman–Crippen MR) is 104 cm³/mol. The number of sulfonamides is 1. The molecular formula is C17H23N5O3S2. The third kappa shape index (κ3) is 4.02. The van der Waals surface area contributed by atoms with Crippen LogP contribution in [0.3, 0.4) is 0 Å². The number of hydrogen-bond donors (Lipinski definition) is 1. The Morgan fingerprint density at radius 2 is 2.00 bits per heavy atom. The Kier molecular flexibility index (Phi) is 5.87. The zero-order valence-electron chi connectivity index (χ0n) is 15.3. The van der Waals surface area contributed by atoms with Gasteiger partial charge in [-0.2, -0.15) is 4.31 Å². The van der Waals surface area contributed by atoms with Gasteiger partial charge in [0.05, 0.1) is 10.1 Å². The van der Waals surface area contributed by atoms with Crippen LogP contribution < -0.4 is 5.73 Å². The minimum atomic E-state index is -3.50. The van der Waals surface area contributed by atoms with Gasteiger partial charge in [0.2, 0.25) is 15.9 Å². The molecule has 27 heavy (non-hydrogen) atoms. The van der Waals surface area contributed by atoms with Gasteiger partial charge in [0.1, 0.15) is 0 Å². The van der Waals surface area contributed by atoms with E-state index in [4.69, 9.17) is 5.73 Å². The van der Waals surface area contributed by atoms with Gasteiger partial charge in [0.15, 0.2) is 11.0 Å². The van der Waals surface area contributed by atoms with E-state index in [1.165, 1.54) is 16.1 Å². The van der Waals surface area contributed by atoms with Crippen LogP contribution in [0.15, 0.2) is 34.3 Å². The molecule has 3 rings (SSSR count). The number of benzene rings is 1. The number of carbonyl (C=O) groups excluding carboxylic acids is 1. The monoisotopic (exact) mass is 409 g/mol. The molecule has 0 saturated carbocycles. The maximum Gasteiger partial charge on any atom is 0.243 e. The highest BCUT2D eigenvalue weighted by Gasteiger charge is 2.28. The van der Waals surface area contributed by atoms with Gasteiger partial charge in [-0.1, -0.05) is 23.9 Å². The van der Waals surface area contributed by atoms with Crippen LogP contribution >= 0.6 is 11.8 Å². The van der Waals surface area contributed by atoms with Gasteiger partial charge in [-0.25, -0.2) is 8.42 Å². The Labute approximate surface area is 163 Å². The summed E-state index contributed by atoms with van der Waals surface area (Å²) in [6.45, 7) is 5.35. The molecule has 1 atom stereocenters. The Morgan fingerprint density at radius 3 is 2.63 bits per heavy atom. The van der Waals surface area contributed by atoms with Crippen LogP contribution in [0.25, 0.3) is 11.4 Å². The van der Waals surface area contributed by atoms with Crippen LogP contribution in [-0.2, 0) is 21.4 Å². The third-order valence-electron chi connectivity index (χ3n) is 4.51. The van der Waals surface area contributed by atoms with E-state index in [0.717, 1.165) is 12.8 Å². The standard InChI is InChI=1S/C17H23N5O3S2/c1-3-22-16(19-20-17(22)26-12(2)15(18)23)13-7-6-8-14(11-13)27(24,25)21-9-4-5-10-21/h6-8,11-12H,3-5,9-10H2,1-2H3,(H2,18,23). The summed E-state index contributed by atoms with van der Waals surface area (Å²) in [6.07, 6.45) is 1.78. The average Bonchev–Trinajstić information content (AvgIpc) is 3.31. The molecule has 8 nitrogen and oxygen atoms in total. The van der Waals surface area contributed by atoms with E-state index in [1.54, 1.807) is 25.1 Å². The Bertz CT molecular complexity index is 936. The van der Waals surface area contributed by atoms with Crippen LogP contribution in [0.2, 0.25) is 0 Å². The minimum absolute atomic E-state index is 0.257. The first-order valence-electron chi connectivity index (χ1n) is 8.84. The molecule has 1 aliphatic rings. The lowest BCUT2D eigenvalue weighted by molar-refractivity contribution is -0.117. The molecule has 2 aromatic rings. The zero-order chi connectivity index (χ0) is 19.6. The normalized spacial score (nSPS) is 16.5. The van der Waals surface area contributed by atoms with Crippen molar-refractivity contribution in [3.63, 3.8) is 0 Å². The summed E-state index contributed by atoms with van der Waals surface area (Å²) in [7, 11) is -3.50. The topological polar surface area (TPSA) is 111 Å². The third-order valence-corrected chi connectivity index (χ3v) is 7.50. The minimum Gasteiger partial charge on any atom is -0.369 e. The molecular weight excluding hydrogens is 386 g/mol. The number of carbonyl (C=O) groups is 1. The van der Waals surface area contributed by atoms with E-state index in [9.17, 15) is 13.2 Å². The second-order valence-corrected chi connectivity index (χ2v) is 9.60. The number of nitrogens with two attached hydrogens (primary N) is 1. The largest absolute Gasteiger partial charge is 0.369 e. The molecule has 2 heterocycles. The van der Waals surface area contributed by atoms with E-state index in [1.807, 2.05) is 17.6 Å². The number of thioether (sulfide) groups is 1. The van der Waals surface area contributed by atoms with E-state index < -0.39 is 21.2 Å². The van der Waals surface area contributed by atoms with Crippen molar-refractivity contribution < 1.29 is 13.2 Å². The quantitative estimate of drug-likeness (QED) is 0.697. The van der Waals surface area contributed by atoms with Crippen molar-refractivity contribution in [2.75, 3.05) is 13.1 Å². The molecule has 1 aliphatic heterocycles. The number of amides is 1. The van der Waals surface area contributed by atoms with Gasteiger partial charge in [-0.3, -0.25) is 4.79 Å². The lowest BCUT2D eigenvalue weighted by atomic mass is 10.2. The highest BCUT2D eigenvalue weighted by Crippen LogP contribution is 2.29. The van der Waals surface area contributed by atoms with Crippen LogP contribution in [0.5, 0.6) is 0 Å². The summed E-state index contributed by atoms with van der Waals surface area (Å²) in [4.78, 5) is 11.6. The Balaban J connectivity index is 1.96. The molecule has 1 amide bonds. The van der Waals surface area contributed by atoms with E-state index in [2.05, 4.69) is 10.2 Å². The van der Waals surface area contributed by atoms with Crippen molar-refractivity contribution in [2.24, 2.45) is 5.73 Å². The molecule has 1 saturated heterocycles. The molecule has 0 bridgehead atoms. The van der Waals surface area contributed by atoms with Crippen molar-refractivity contribution in [1.29, 1.82) is 0 Å². The Hall–Kier alpha value is -1.91. The fourth-order valence-corrected chi connectivity index (χ4v) is 5.39. The molecule has 1 fully saturated rings. The number of hydrogen-bond acceptors (Lipinski definition) is 6. The first-order valence-corrected chi connectivity index (χ1v) is 11.2. The molecule has 0 radical (unpaired) electrons. The van der Waals surface area contributed by atoms with Gasteiger partial charge in [-0.15, -0.1) is 10.2 Å². The highest BCUT2D eigenvalue weighted by molar-refractivity contribution is 8.00. The second-order valence-electron chi connectivity index (χ2n) is 6.35. The molecule has 2 N–H and O–H groups in total. The van der Waals surface area contributed by atoms with Crippen LogP contribution in [-0.4, -0.2) is 51.7 Å². The van der Waals surface area contributed by atoms with Gasteiger partial charge in [-0.05, 0) is 38.8 Å². The van der Waals surface area contributed by atoms with Crippen molar-refractivity contribution >= 4 is 27.7 Å². The number of nitrogens with zero attached hydrogens (tertiary/aromatic N) is 4. The first-order chi connectivity index (χ1) is 12.8. The lowest BCUT2D eigenvalue weighted by Crippen LogP contribution is -2.27. The summed E-state index contributed by atoms with van der Waals surface area (Å²) in [5.74, 6) is 0.140. The summed E-state index contributed by atoms with van der Waals surface area (Å²) in [5.41, 5.74) is 6.00. The zero-order valence-corrected chi connectivity index (χ0v) is 17.0. The SMILES string of the molecule is CCn1c(SC(C)C(N)=O)nnc1-c1cccc(S(=O)(=O)N2CCCC2)c1. The van der Waals surface area contributed by atoms with Gasteiger partial charge in [0.25, 0.3) is 0 Å². The summed E-state index contributed by atoms with van der Waals surface area (Å²) in [5, 5.41) is 8.52. The van der Waals surface area contributed by atoms with Crippen molar-refractivity contribution in [1.82, 2.24) is 19.1 Å². The number of rotatable bonds is 7. The maximum absolute atomic E-state index is 12.8. The van der Waals surface area contributed by atoms with Gasteiger partial charge < -0.3 is 10.3 Å². The lowest BCUT2D eigenvalue weighted by Gasteiger charge is -2.16. The predicted octanol–water partition coefficient (Wildman–Crippen LogP) is 1.72. The highest BCUT2D eigenvalue weighted by atomic mass is 32.2. The van der Waals surface area contributed by atoms with Crippen LogP contribution in [0, 0.1) is 0 Å². The first kappa shape index (κ1) is 19.8. The van der Waals surface area contributed by atoms with Gasteiger partial charge in [0, 0.05) is 25.2 Å². The van der Waals surface area contributed by atoms with Gasteiger partial charge >= 0.3 is 0 Å². The molecule has 0 spiro atoms. The molecule has 1 aromatic carbocycles. The summed E-state index contributed by atoms with van der Waals surface area (Å²) < 4.78 is 29.0.